The van der Waals surface area contributed by atoms with Gasteiger partial charge in [0.1, 0.15) is 11.2 Å². The van der Waals surface area contributed by atoms with Gasteiger partial charge in [-0.1, -0.05) is 146 Å². The van der Waals surface area contributed by atoms with E-state index in [0.717, 1.165) is 83.4 Å². The van der Waals surface area contributed by atoms with E-state index in [9.17, 15) is 0 Å². The average molecular weight is 652 g/mol. The van der Waals surface area contributed by atoms with Crippen molar-refractivity contribution >= 4 is 38.4 Å². The van der Waals surface area contributed by atoms with Crippen molar-refractivity contribution in [3.05, 3.63) is 176 Å². The molecular formula is C46H29N5. The molecule has 5 heteroatoms. The molecule has 0 aliphatic rings. The highest BCUT2D eigenvalue weighted by Crippen LogP contribution is 2.42. The lowest BCUT2D eigenvalue weighted by Gasteiger charge is -2.18. The minimum absolute atomic E-state index is 0.684. The van der Waals surface area contributed by atoms with Crippen LogP contribution in [-0.2, 0) is 0 Å². The Kier molecular flexibility index (Phi) is 6.74. The molecule has 0 saturated heterocycles. The van der Waals surface area contributed by atoms with Crippen molar-refractivity contribution in [3.8, 4) is 56.3 Å². The van der Waals surface area contributed by atoms with Crippen LogP contribution in [-0.4, -0.2) is 24.3 Å². The highest BCUT2D eigenvalue weighted by atomic mass is 15.1. The van der Waals surface area contributed by atoms with Gasteiger partial charge in [0.25, 0.3) is 0 Å². The fourth-order valence-electron chi connectivity index (χ4n) is 7.18. The Labute approximate surface area is 294 Å². The van der Waals surface area contributed by atoms with E-state index >= 15 is 0 Å². The molecule has 0 aliphatic heterocycles. The minimum atomic E-state index is 0.684. The molecule has 0 radical (unpaired) electrons. The molecule has 10 aromatic rings. The molecule has 0 bridgehead atoms. The number of hydrogen-bond acceptors (Lipinski definition) is 4. The molecular weight excluding hydrogens is 623 g/mol. The molecule has 0 spiro atoms. The molecule has 0 N–H and O–H groups in total. The molecule has 0 fully saturated rings. The van der Waals surface area contributed by atoms with Crippen molar-refractivity contribution < 1.29 is 0 Å². The fraction of sp³-hybridized carbons (Fsp3) is 0. The number of aromatic nitrogens is 5. The number of rotatable bonds is 5. The van der Waals surface area contributed by atoms with Crippen LogP contribution in [0.4, 0.5) is 0 Å². The molecule has 0 amide bonds. The summed E-state index contributed by atoms with van der Waals surface area (Å²) in [6.07, 6.45) is 2.03. The smallest absolute Gasteiger partial charge is 0.165 e. The van der Waals surface area contributed by atoms with Crippen molar-refractivity contribution in [1.82, 2.24) is 24.3 Å². The second-order valence-electron chi connectivity index (χ2n) is 12.7. The number of imidazole rings is 1. The Morgan fingerprint density at radius 2 is 1.00 bits per heavy atom. The van der Waals surface area contributed by atoms with Crippen LogP contribution in [0.5, 0.6) is 0 Å². The third-order valence-corrected chi connectivity index (χ3v) is 9.60. The third-order valence-electron chi connectivity index (χ3n) is 9.60. The molecule has 4 aromatic heterocycles. The first-order valence-corrected chi connectivity index (χ1v) is 17.1. The van der Waals surface area contributed by atoms with Gasteiger partial charge in [0.05, 0.1) is 17.1 Å². The van der Waals surface area contributed by atoms with Crippen molar-refractivity contribution in [2.45, 2.75) is 0 Å². The van der Waals surface area contributed by atoms with Crippen molar-refractivity contribution in [2.24, 2.45) is 0 Å². The zero-order valence-corrected chi connectivity index (χ0v) is 27.5. The third kappa shape index (κ3) is 4.94. The summed E-state index contributed by atoms with van der Waals surface area (Å²) in [6.45, 7) is 0. The first kappa shape index (κ1) is 29.0. The number of pyridine rings is 2. The minimum Gasteiger partial charge on any atom is -0.284 e. The van der Waals surface area contributed by atoms with Gasteiger partial charge in [0.2, 0.25) is 0 Å². The van der Waals surface area contributed by atoms with Crippen molar-refractivity contribution in [2.75, 3.05) is 0 Å². The van der Waals surface area contributed by atoms with E-state index in [0.29, 0.717) is 5.82 Å². The van der Waals surface area contributed by atoms with Crippen LogP contribution in [0, 0.1) is 0 Å². The Balaban J connectivity index is 1.25. The van der Waals surface area contributed by atoms with E-state index in [1.165, 1.54) is 5.39 Å². The fourth-order valence-corrected chi connectivity index (χ4v) is 7.18. The average Bonchev–Trinajstić information content (AvgIpc) is 3.59. The number of hydrogen-bond donors (Lipinski definition) is 0. The molecule has 0 atom stereocenters. The van der Waals surface area contributed by atoms with E-state index in [-0.39, 0.29) is 0 Å². The quantitative estimate of drug-likeness (QED) is 0.186. The summed E-state index contributed by atoms with van der Waals surface area (Å²) in [6, 6.07) is 58.8. The van der Waals surface area contributed by atoms with Gasteiger partial charge in [-0.3, -0.25) is 4.40 Å². The summed E-state index contributed by atoms with van der Waals surface area (Å²) in [5.41, 5.74) is 11.3. The van der Waals surface area contributed by atoms with Gasteiger partial charge in [-0.25, -0.2) is 19.9 Å². The predicted molar refractivity (Wildman–Crippen MR) is 208 cm³/mol. The second-order valence-corrected chi connectivity index (χ2v) is 12.7. The molecule has 4 heterocycles. The van der Waals surface area contributed by atoms with Gasteiger partial charge in [-0.15, -0.1) is 0 Å². The van der Waals surface area contributed by atoms with Crippen LogP contribution in [0.1, 0.15) is 0 Å². The number of nitrogens with zero attached hydrogens (tertiary/aromatic N) is 5. The summed E-state index contributed by atoms with van der Waals surface area (Å²) in [7, 11) is 0. The molecule has 5 nitrogen and oxygen atoms in total. The van der Waals surface area contributed by atoms with E-state index < -0.39 is 0 Å². The summed E-state index contributed by atoms with van der Waals surface area (Å²) in [5.74, 6) is 0.684. The van der Waals surface area contributed by atoms with Gasteiger partial charge in [-0.05, 0) is 40.6 Å². The van der Waals surface area contributed by atoms with Gasteiger partial charge in [0, 0.05) is 44.8 Å². The monoisotopic (exact) mass is 651 g/mol. The number of benzene rings is 6. The van der Waals surface area contributed by atoms with Crippen molar-refractivity contribution in [1.29, 1.82) is 0 Å². The van der Waals surface area contributed by atoms with Crippen LogP contribution < -0.4 is 0 Å². The van der Waals surface area contributed by atoms with Crippen LogP contribution >= 0.6 is 0 Å². The highest BCUT2D eigenvalue weighted by molar-refractivity contribution is 6.09. The predicted octanol–water partition coefficient (Wildman–Crippen LogP) is 11.3. The maximum absolute atomic E-state index is 5.36. The molecule has 238 valence electrons. The van der Waals surface area contributed by atoms with Crippen molar-refractivity contribution in [3.63, 3.8) is 0 Å². The van der Waals surface area contributed by atoms with E-state index in [1.54, 1.807) is 0 Å². The van der Waals surface area contributed by atoms with Gasteiger partial charge in [-0.2, -0.15) is 0 Å². The lowest BCUT2D eigenvalue weighted by molar-refractivity contribution is 1.18. The standard InChI is InChI=1S/C46H29N5/c1-3-15-31(16-4-1)42-40(43(32-17-5-2-6-18-32)49-45(48-42)36-26-25-30-14-7-8-19-33(30)28-36)34-20-13-21-35(29-34)41-37-22-9-10-23-38(37)44-46(50-41)51-27-12-11-24-39(51)47-44/h1-29H. The maximum atomic E-state index is 5.36. The molecule has 10 rings (SSSR count). The first-order chi connectivity index (χ1) is 25.3. The SMILES string of the molecule is c1ccc(-c2nc(-c3ccc4ccccc4c3)nc(-c3ccccc3)c2-c2cccc(-c3nc4c(nc5ccccn54)c4ccccc34)c2)cc1. The van der Waals surface area contributed by atoms with Gasteiger partial charge in [0.15, 0.2) is 11.5 Å². The summed E-state index contributed by atoms with van der Waals surface area (Å²) in [4.78, 5) is 21.0. The summed E-state index contributed by atoms with van der Waals surface area (Å²) >= 11 is 0. The Morgan fingerprint density at radius 1 is 0.373 bits per heavy atom. The maximum Gasteiger partial charge on any atom is 0.165 e. The normalized spacial score (nSPS) is 11.5. The topological polar surface area (TPSA) is 56.0 Å². The van der Waals surface area contributed by atoms with Gasteiger partial charge < -0.3 is 0 Å². The Hall–Kier alpha value is -6.98. The van der Waals surface area contributed by atoms with E-state index in [1.807, 2.05) is 36.5 Å². The lowest BCUT2D eigenvalue weighted by Crippen LogP contribution is -2.01. The molecule has 0 unspecified atom stereocenters. The van der Waals surface area contributed by atoms with E-state index in [2.05, 4.69) is 144 Å². The number of fused-ring (bicyclic) bond motifs is 6. The second kappa shape index (κ2) is 11.9. The summed E-state index contributed by atoms with van der Waals surface area (Å²) in [5, 5.41) is 4.47. The summed E-state index contributed by atoms with van der Waals surface area (Å²) < 4.78 is 2.06. The molecule has 0 saturated carbocycles. The molecule has 51 heavy (non-hydrogen) atoms. The first-order valence-electron chi connectivity index (χ1n) is 17.1. The van der Waals surface area contributed by atoms with Crippen LogP contribution in [0.25, 0.3) is 94.6 Å². The van der Waals surface area contributed by atoms with E-state index in [4.69, 9.17) is 19.9 Å². The Morgan fingerprint density at radius 3 is 1.76 bits per heavy atom. The highest BCUT2D eigenvalue weighted by Gasteiger charge is 2.22. The zero-order chi connectivity index (χ0) is 33.7. The largest absolute Gasteiger partial charge is 0.284 e. The van der Waals surface area contributed by atoms with Crippen LogP contribution in [0.2, 0.25) is 0 Å². The Bertz CT molecular complexity index is 2850. The van der Waals surface area contributed by atoms with Crippen LogP contribution in [0.15, 0.2) is 176 Å². The van der Waals surface area contributed by atoms with Crippen LogP contribution in [0.3, 0.4) is 0 Å². The van der Waals surface area contributed by atoms with Gasteiger partial charge >= 0.3 is 0 Å². The molecule has 0 aliphatic carbocycles. The lowest BCUT2D eigenvalue weighted by atomic mass is 9.92. The molecule has 6 aromatic carbocycles. The zero-order valence-electron chi connectivity index (χ0n) is 27.5.